The van der Waals surface area contributed by atoms with E-state index < -0.39 is 0 Å². The largest absolute Gasteiger partial charge is 0.353 e. The molecule has 3 N–H and O–H groups in total. The molecule has 0 aromatic heterocycles. The molecule has 1 saturated carbocycles. The van der Waals surface area contributed by atoms with E-state index in [2.05, 4.69) is 19.2 Å². The van der Waals surface area contributed by atoms with Crippen LogP contribution in [-0.2, 0) is 4.79 Å². The van der Waals surface area contributed by atoms with E-state index in [1.807, 2.05) is 0 Å². The Labute approximate surface area is 106 Å². The molecule has 0 bridgehead atoms. The molecule has 1 unspecified atom stereocenters. The van der Waals surface area contributed by atoms with Crippen molar-refractivity contribution in [3.63, 3.8) is 0 Å². The third-order valence-corrected chi connectivity index (χ3v) is 4.15. The molecule has 100 valence electrons. The molecule has 3 nitrogen and oxygen atoms in total. The van der Waals surface area contributed by atoms with E-state index in [4.69, 9.17) is 5.73 Å². The smallest absolute Gasteiger partial charge is 0.227 e. The minimum atomic E-state index is -0.264. The quantitative estimate of drug-likeness (QED) is 0.750. The van der Waals surface area contributed by atoms with Gasteiger partial charge in [0.2, 0.25) is 5.91 Å². The van der Waals surface area contributed by atoms with Crippen LogP contribution in [0.4, 0.5) is 0 Å². The second-order valence-corrected chi connectivity index (χ2v) is 5.41. The summed E-state index contributed by atoms with van der Waals surface area (Å²) in [6.07, 6.45) is 8.69. The minimum Gasteiger partial charge on any atom is -0.353 e. The van der Waals surface area contributed by atoms with Crippen molar-refractivity contribution in [2.24, 2.45) is 11.1 Å². The fourth-order valence-electron chi connectivity index (χ4n) is 2.82. The Hall–Kier alpha value is -0.570. The maximum Gasteiger partial charge on any atom is 0.227 e. The Balaban J connectivity index is 2.58. The van der Waals surface area contributed by atoms with Gasteiger partial charge in [0.25, 0.3) is 0 Å². The molecule has 1 amide bonds. The van der Waals surface area contributed by atoms with Gasteiger partial charge in [0, 0.05) is 12.6 Å². The Kier molecular flexibility index (Phi) is 5.96. The molecule has 1 aliphatic carbocycles. The van der Waals surface area contributed by atoms with Crippen LogP contribution < -0.4 is 11.1 Å². The van der Waals surface area contributed by atoms with Crippen molar-refractivity contribution < 1.29 is 4.79 Å². The van der Waals surface area contributed by atoms with Gasteiger partial charge in [-0.25, -0.2) is 0 Å². The lowest BCUT2D eigenvalue weighted by atomic mass is 9.73. The van der Waals surface area contributed by atoms with Gasteiger partial charge in [-0.1, -0.05) is 39.5 Å². The zero-order chi connectivity index (χ0) is 12.7. The van der Waals surface area contributed by atoms with Gasteiger partial charge in [0.1, 0.15) is 0 Å². The number of rotatable bonds is 6. The van der Waals surface area contributed by atoms with Crippen LogP contribution in [0.1, 0.15) is 65.2 Å². The van der Waals surface area contributed by atoms with Crippen LogP contribution in [0.3, 0.4) is 0 Å². The van der Waals surface area contributed by atoms with Gasteiger partial charge in [-0.3, -0.25) is 4.79 Å². The Bertz CT molecular complexity index is 234. The summed E-state index contributed by atoms with van der Waals surface area (Å²) >= 11 is 0. The third kappa shape index (κ3) is 3.70. The molecule has 3 heteroatoms. The fraction of sp³-hybridized carbons (Fsp3) is 0.929. The molecule has 1 rings (SSSR count). The Morgan fingerprint density at radius 1 is 1.29 bits per heavy atom. The highest BCUT2D eigenvalue weighted by atomic mass is 16.2. The molecule has 1 fully saturated rings. The van der Waals surface area contributed by atoms with Crippen LogP contribution in [-0.4, -0.2) is 18.5 Å². The van der Waals surface area contributed by atoms with Crippen LogP contribution in [0.5, 0.6) is 0 Å². The van der Waals surface area contributed by atoms with Crippen molar-refractivity contribution in [3.05, 3.63) is 0 Å². The summed E-state index contributed by atoms with van der Waals surface area (Å²) < 4.78 is 0. The molecule has 0 aliphatic heterocycles. The first-order chi connectivity index (χ1) is 8.18. The third-order valence-electron chi connectivity index (χ3n) is 4.15. The lowest BCUT2D eigenvalue weighted by Gasteiger charge is -2.36. The fourth-order valence-corrected chi connectivity index (χ4v) is 2.82. The van der Waals surface area contributed by atoms with E-state index >= 15 is 0 Å². The molecule has 1 aliphatic rings. The van der Waals surface area contributed by atoms with E-state index in [9.17, 15) is 4.79 Å². The van der Waals surface area contributed by atoms with E-state index in [0.717, 1.165) is 44.9 Å². The molecule has 0 radical (unpaired) electrons. The summed E-state index contributed by atoms with van der Waals surface area (Å²) in [5.41, 5.74) is 5.60. The molecule has 1 atom stereocenters. The summed E-state index contributed by atoms with van der Waals surface area (Å²) in [5, 5.41) is 3.21. The van der Waals surface area contributed by atoms with Gasteiger partial charge in [0.05, 0.1) is 5.41 Å². The Morgan fingerprint density at radius 2 is 1.94 bits per heavy atom. The van der Waals surface area contributed by atoms with Gasteiger partial charge in [-0.2, -0.15) is 0 Å². The second-order valence-electron chi connectivity index (χ2n) is 5.41. The summed E-state index contributed by atoms with van der Waals surface area (Å²) in [4.78, 5) is 12.4. The summed E-state index contributed by atoms with van der Waals surface area (Å²) in [6, 6.07) is 0.331. The number of hydrogen-bond donors (Lipinski definition) is 2. The highest BCUT2D eigenvalue weighted by molar-refractivity contribution is 5.83. The molecule has 17 heavy (non-hydrogen) atoms. The van der Waals surface area contributed by atoms with Crippen LogP contribution in [0, 0.1) is 5.41 Å². The van der Waals surface area contributed by atoms with E-state index in [-0.39, 0.29) is 11.3 Å². The van der Waals surface area contributed by atoms with Crippen molar-refractivity contribution in [1.29, 1.82) is 0 Å². The predicted molar refractivity (Wildman–Crippen MR) is 71.7 cm³/mol. The van der Waals surface area contributed by atoms with Crippen LogP contribution >= 0.6 is 0 Å². The number of carbonyl (C=O) groups is 1. The van der Waals surface area contributed by atoms with E-state index in [1.54, 1.807) is 0 Å². The second kappa shape index (κ2) is 7.00. The zero-order valence-electron chi connectivity index (χ0n) is 11.4. The van der Waals surface area contributed by atoms with Crippen molar-refractivity contribution in [2.45, 2.75) is 71.3 Å². The van der Waals surface area contributed by atoms with Gasteiger partial charge < -0.3 is 11.1 Å². The number of nitrogens with one attached hydrogen (secondary N) is 1. The summed E-state index contributed by atoms with van der Waals surface area (Å²) in [5.74, 6) is 0.208. The highest BCUT2D eigenvalue weighted by Crippen LogP contribution is 2.35. The SMILES string of the molecule is CCCC(CC)NC(=O)C1(CN)CCCCC1. The van der Waals surface area contributed by atoms with Gasteiger partial charge in [-0.05, 0) is 25.7 Å². The molecular formula is C14H28N2O. The van der Waals surface area contributed by atoms with Crippen LogP contribution in [0.15, 0.2) is 0 Å². The van der Waals surface area contributed by atoms with Crippen molar-refractivity contribution in [1.82, 2.24) is 5.32 Å². The lowest BCUT2D eigenvalue weighted by molar-refractivity contribution is -0.133. The molecule has 0 heterocycles. The molecule has 0 aromatic rings. The predicted octanol–water partition coefficient (Wildman–Crippen LogP) is 2.59. The highest BCUT2D eigenvalue weighted by Gasteiger charge is 2.38. The topological polar surface area (TPSA) is 55.1 Å². The first kappa shape index (κ1) is 14.5. The van der Waals surface area contributed by atoms with Crippen molar-refractivity contribution in [3.8, 4) is 0 Å². The molecule has 0 aromatic carbocycles. The van der Waals surface area contributed by atoms with Gasteiger partial charge in [0.15, 0.2) is 0 Å². The first-order valence-electron chi connectivity index (χ1n) is 7.19. The first-order valence-corrected chi connectivity index (χ1v) is 7.19. The van der Waals surface area contributed by atoms with E-state index in [0.29, 0.717) is 12.6 Å². The summed E-state index contributed by atoms with van der Waals surface area (Å²) in [7, 11) is 0. The molecule has 0 spiro atoms. The number of hydrogen-bond acceptors (Lipinski definition) is 2. The van der Waals surface area contributed by atoms with Crippen molar-refractivity contribution >= 4 is 5.91 Å². The lowest BCUT2D eigenvalue weighted by Crippen LogP contribution is -2.50. The van der Waals surface area contributed by atoms with Crippen molar-refractivity contribution in [2.75, 3.05) is 6.54 Å². The van der Waals surface area contributed by atoms with Gasteiger partial charge >= 0.3 is 0 Å². The maximum absolute atomic E-state index is 12.4. The number of amides is 1. The number of carbonyl (C=O) groups excluding carboxylic acids is 1. The number of nitrogens with two attached hydrogens (primary N) is 1. The standard InChI is InChI=1S/C14H28N2O/c1-3-8-12(4-2)16-13(17)14(11-15)9-6-5-7-10-14/h12H,3-11,15H2,1-2H3,(H,16,17). The molecule has 0 saturated heterocycles. The minimum absolute atomic E-state index is 0.208. The average molecular weight is 240 g/mol. The maximum atomic E-state index is 12.4. The van der Waals surface area contributed by atoms with Crippen LogP contribution in [0.2, 0.25) is 0 Å². The average Bonchev–Trinajstić information content (AvgIpc) is 2.38. The van der Waals surface area contributed by atoms with E-state index in [1.165, 1.54) is 6.42 Å². The van der Waals surface area contributed by atoms with Gasteiger partial charge in [-0.15, -0.1) is 0 Å². The summed E-state index contributed by atoms with van der Waals surface area (Å²) in [6.45, 7) is 4.80. The van der Waals surface area contributed by atoms with Crippen LogP contribution in [0.25, 0.3) is 0 Å². The molecular weight excluding hydrogens is 212 g/mol. The monoisotopic (exact) mass is 240 g/mol. The Morgan fingerprint density at radius 3 is 2.41 bits per heavy atom. The zero-order valence-corrected chi connectivity index (χ0v) is 11.4. The normalized spacial score (nSPS) is 20.9.